The van der Waals surface area contributed by atoms with E-state index in [0.29, 0.717) is 0 Å². The van der Waals surface area contributed by atoms with Gasteiger partial charge in [0, 0.05) is 31.9 Å². The van der Waals surface area contributed by atoms with Crippen molar-refractivity contribution < 1.29 is 4.79 Å². The first-order valence-electron chi connectivity index (χ1n) is 8.93. The van der Waals surface area contributed by atoms with E-state index in [2.05, 4.69) is 48.2 Å². The molecule has 0 saturated carbocycles. The second kappa shape index (κ2) is 8.00. The molecule has 0 radical (unpaired) electrons. The molecule has 1 unspecified atom stereocenters. The van der Waals surface area contributed by atoms with Crippen molar-refractivity contribution in [3.63, 3.8) is 0 Å². The van der Waals surface area contributed by atoms with Crippen LogP contribution in [0.2, 0.25) is 0 Å². The van der Waals surface area contributed by atoms with Crippen LogP contribution in [-0.4, -0.2) is 37.0 Å². The lowest BCUT2D eigenvalue weighted by Crippen LogP contribution is -2.50. The van der Waals surface area contributed by atoms with Gasteiger partial charge in [-0.3, -0.25) is 4.79 Å². The van der Waals surface area contributed by atoms with E-state index in [1.165, 1.54) is 5.69 Å². The van der Waals surface area contributed by atoms with Crippen LogP contribution in [0.1, 0.15) is 31.2 Å². The van der Waals surface area contributed by atoms with E-state index in [4.69, 9.17) is 0 Å². The summed E-state index contributed by atoms with van der Waals surface area (Å²) in [5.41, 5.74) is 2.40. The summed E-state index contributed by atoms with van der Waals surface area (Å²) in [6, 6.07) is 20.7. The molecule has 1 atom stereocenters. The highest BCUT2D eigenvalue weighted by atomic mass is 16.2. The Labute approximate surface area is 144 Å². The van der Waals surface area contributed by atoms with Crippen LogP contribution in [-0.2, 0) is 4.79 Å². The largest absolute Gasteiger partial charge is 0.368 e. The minimum absolute atomic E-state index is 0.000486. The third-order valence-electron chi connectivity index (χ3n) is 4.79. The number of para-hydroxylation sites is 1. The molecule has 1 heterocycles. The number of piperazine rings is 1. The molecule has 24 heavy (non-hydrogen) atoms. The molecule has 0 aromatic heterocycles. The predicted molar refractivity (Wildman–Crippen MR) is 99.3 cm³/mol. The maximum atomic E-state index is 13.0. The number of rotatable bonds is 5. The van der Waals surface area contributed by atoms with Crippen molar-refractivity contribution in [2.45, 2.75) is 25.7 Å². The summed E-state index contributed by atoms with van der Waals surface area (Å²) in [5, 5.41) is 0. The number of amides is 1. The molecule has 1 saturated heterocycles. The topological polar surface area (TPSA) is 23.6 Å². The Kier molecular flexibility index (Phi) is 5.52. The van der Waals surface area contributed by atoms with Gasteiger partial charge in [-0.25, -0.2) is 0 Å². The molecule has 3 nitrogen and oxygen atoms in total. The number of hydrogen-bond donors (Lipinski definition) is 0. The lowest BCUT2D eigenvalue weighted by atomic mass is 9.93. The number of carbonyl (C=O) groups excluding carboxylic acids is 1. The molecule has 1 aliphatic heterocycles. The van der Waals surface area contributed by atoms with E-state index in [1.807, 2.05) is 29.2 Å². The van der Waals surface area contributed by atoms with Crippen LogP contribution in [0.15, 0.2) is 60.7 Å². The van der Waals surface area contributed by atoms with Crippen molar-refractivity contribution in [2.75, 3.05) is 31.1 Å². The monoisotopic (exact) mass is 322 g/mol. The molecule has 3 heteroatoms. The third kappa shape index (κ3) is 3.78. The highest BCUT2D eigenvalue weighted by Crippen LogP contribution is 2.25. The van der Waals surface area contributed by atoms with E-state index in [1.54, 1.807) is 0 Å². The molecule has 0 N–H and O–H groups in total. The van der Waals surface area contributed by atoms with Gasteiger partial charge in [-0.05, 0) is 24.1 Å². The van der Waals surface area contributed by atoms with Crippen LogP contribution in [0.4, 0.5) is 5.69 Å². The summed E-state index contributed by atoms with van der Waals surface area (Å²) in [7, 11) is 0. The van der Waals surface area contributed by atoms with Gasteiger partial charge < -0.3 is 9.80 Å². The van der Waals surface area contributed by atoms with Gasteiger partial charge in [0.1, 0.15) is 0 Å². The maximum Gasteiger partial charge on any atom is 0.230 e. The Balaban J connectivity index is 1.65. The lowest BCUT2D eigenvalue weighted by Gasteiger charge is -2.37. The number of hydrogen-bond acceptors (Lipinski definition) is 2. The Morgan fingerprint density at radius 1 is 0.917 bits per heavy atom. The quantitative estimate of drug-likeness (QED) is 0.833. The Hall–Kier alpha value is -2.29. The van der Waals surface area contributed by atoms with Crippen molar-refractivity contribution in [3.8, 4) is 0 Å². The number of carbonyl (C=O) groups is 1. The van der Waals surface area contributed by atoms with Crippen LogP contribution < -0.4 is 4.90 Å². The van der Waals surface area contributed by atoms with Crippen LogP contribution in [0, 0.1) is 0 Å². The normalized spacial score (nSPS) is 16.0. The molecular weight excluding hydrogens is 296 g/mol. The number of nitrogens with zero attached hydrogens (tertiary/aromatic N) is 2. The van der Waals surface area contributed by atoms with E-state index in [0.717, 1.165) is 44.6 Å². The van der Waals surface area contributed by atoms with Crippen molar-refractivity contribution in [2.24, 2.45) is 0 Å². The number of benzene rings is 2. The Morgan fingerprint density at radius 3 is 2.08 bits per heavy atom. The fraction of sp³-hybridized carbons (Fsp3) is 0.381. The summed E-state index contributed by atoms with van der Waals surface area (Å²) < 4.78 is 0. The molecule has 126 valence electrons. The molecular formula is C21H26N2O. The minimum atomic E-state index is -0.000486. The second-order valence-electron chi connectivity index (χ2n) is 6.40. The van der Waals surface area contributed by atoms with Gasteiger partial charge in [-0.1, -0.05) is 61.9 Å². The minimum Gasteiger partial charge on any atom is -0.368 e. The van der Waals surface area contributed by atoms with Gasteiger partial charge in [0.2, 0.25) is 5.91 Å². The van der Waals surface area contributed by atoms with Crippen molar-refractivity contribution in [1.29, 1.82) is 0 Å². The van der Waals surface area contributed by atoms with Crippen LogP contribution in [0.25, 0.3) is 0 Å². The molecule has 2 aromatic rings. The zero-order valence-corrected chi connectivity index (χ0v) is 14.4. The van der Waals surface area contributed by atoms with Gasteiger partial charge in [-0.2, -0.15) is 0 Å². The molecule has 1 amide bonds. The summed E-state index contributed by atoms with van der Waals surface area (Å²) in [4.78, 5) is 17.4. The SMILES string of the molecule is CCCC(C(=O)N1CCN(c2ccccc2)CC1)c1ccccc1. The van der Waals surface area contributed by atoms with Gasteiger partial charge in [-0.15, -0.1) is 0 Å². The summed E-state index contributed by atoms with van der Waals surface area (Å²) in [6.45, 7) is 5.57. The van der Waals surface area contributed by atoms with Gasteiger partial charge in [0.05, 0.1) is 5.92 Å². The summed E-state index contributed by atoms with van der Waals surface area (Å²) >= 11 is 0. The second-order valence-corrected chi connectivity index (χ2v) is 6.40. The molecule has 1 aliphatic rings. The smallest absolute Gasteiger partial charge is 0.230 e. The number of anilines is 1. The average Bonchev–Trinajstić information content (AvgIpc) is 2.67. The highest BCUT2D eigenvalue weighted by molar-refractivity contribution is 5.84. The van der Waals surface area contributed by atoms with E-state index >= 15 is 0 Å². The predicted octanol–water partition coefficient (Wildman–Crippen LogP) is 3.92. The fourth-order valence-electron chi connectivity index (χ4n) is 3.45. The summed E-state index contributed by atoms with van der Waals surface area (Å²) in [6.07, 6.45) is 1.94. The van der Waals surface area contributed by atoms with Crippen LogP contribution in [0.5, 0.6) is 0 Å². The molecule has 2 aromatic carbocycles. The maximum absolute atomic E-state index is 13.0. The molecule has 0 spiro atoms. The molecule has 1 fully saturated rings. The first kappa shape index (κ1) is 16.6. The van der Waals surface area contributed by atoms with Crippen molar-refractivity contribution in [3.05, 3.63) is 66.2 Å². The Morgan fingerprint density at radius 2 is 1.50 bits per heavy atom. The van der Waals surface area contributed by atoms with Crippen LogP contribution >= 0.6 is 0 Å². The first-order valence-corrected chi connectivity index (χ1v) is 8.93. The zero-order chi connectivity index (χ0) is 16.8. The van der Waals surface area contributed by atoms with Crippen molar-refractivity contribution >= 4 is 11.6 Å². The van der Waals surface area contributed by atoms with E-state index in [-0.39, 0.29) is 11.8 Å². The summed E-state index contributed by atoms with van der Waals surface area (Å²) in [5.74, 6) is 0.287. The molecule has 0 bridgehead atoms. The first-order chi connectivity index (χ1) is 11.8. The highest BCUT2D eigenvalue weighted by Gasteiger charge is 2.27. The van der Waals surface area contributed by atoms with Gasteiger partial charge in [0.25, 0.3) is 0 Å². The lowest BCUT2D eigenvalue weighted by molar-refractivity contribution is -0.133. The fourth-order valence-corrected chi connectivity index (χ4v) is 3.45. The van der Waals surface area contributed by atoms with Gasteiger partial charge in [0.15, 0.2) is 0 Å². The van der Waals surface area contributed by atoms with E-state index < -0.39 is 0 Å². The van der Waals surface area contributed by atoms with Gasteiger partial charge >= 0.3 is 0 Å². The third-order valence-corrected chi connectivity index (χ3v) is 4.79. The molecule has 0 aliphatic carbocycles. The Bertz CT molecular complexity index is 633. The van der Waals surface area contributed by atoms with Crippen LogP contribution in [0.3, 0.4) is 0 Å². The standard InChI is InChI=1S/C21H26N2O/c1-2-9-20(18-10-5-3-6-11-18)21(24)23-16-14-22(15-17-23)19-12-7-4-8-13-19/h3-8,10-13,20H,2,9,14-17H2,1H3. The van der Waals surface area contributed by atoms with Crippen molar-refractivity contribution in [1.82, 2.24) is 4.90 Å². The van der Waals surface area contributed by atoms with E-state index in [9.17, 15) is 4.79 Å². The average molecular weight is 322 g/mol. The molecule has 3 rings (SSSR count). The zero-order valence-electron chi connectivity index (χ0n) is 14.4.